The van der Waals surface area contributed by atoms with Crippen molar-refractivity contribution in [2.45, 2.75) is 31.6 Å². The Hall–Kier alpha value is -3.93. The number of fused-ring (bicyclic) bond motifs is 3. The average Bonchev–Trinajstić information content (AvgIpc) is 3.47. The van der Waals surface area contributed by atoms with Crippen LogP contribution in [0.15, 0.2) is 53.9 Å². The number of hydrogen-bond acceptors (Lipinski definition) is 8. The third-order valence-corrected chi connectivity index (χ3v) is 7.13. The summed E-state index contributed by atoms with van der Waals surface area (Å²) in [6, 6.07) is 8.07. The van der Waals surface area contributed by atoms with Crippen LogP contribution in [-0.4, -0.2) is 59.4 Å². The highest BCUT2D eigenvalue weighted by atomic mass is 32.2. The monoisotopic (exact) mass is 499 g/mol. The highest BCUT2D eigenvalue weighted by Crippen LogP contribution is 2.27. The Balaban J connectivity index is 1.84. The minimum atomic E-state index is -3.93. The molecule has 1 aromatic carbocycles. The molecule has 0 unspecified atom stereocenters. The van der Waals surface area contributed by atoms with Gasteiger partial charge in [0.25, 0.3) is 10.0 Å². The van der Waals surface area contributed by atoms with Gasteiger partial charge in [-0.1, -0.05) is 31.0 Å². The van der Waals surface area contributed by atoms with Crippen molar-refractivity contribution in [2.75, 3.05) is 25.3 Å². The Morgan fingerprint density at radius 2 is 1.86 bits per heavy atom. The molecule has 0 N–H and O–H groups in total. The van der Waals surface area contributed by atoms with E-state index in [0.29, 0.717) is 22.8 Å². The lowest BCUT2D eigenvalue weighted by atomic mass is 10.2. The maximum Gasteiger partial charge on any atom is 0.429 e. The number of aromatic nitrogens is 4. The second kappa shape index (κ2) is 9.74. The summed E-state index contributed by atoms with van der Waals surface area (Å²) in [5, 5.41) is 1.48. The highest BCUT2D eigenvalue weighted by Gasteiger charge is 2.26. The second-order valence-electron chi connectivity index (χ2n) is 7.85. The summed E-state index contributed by atoms with van der Waals surface area (Å²) in [4.78, 5) is 33.6. The number of ether oxygens (including phenoxy) is 2. The summed E-state index contributed by atoms with van der Waals surface area (Å²) in [5.41, 5.74) is 1.88. The molecule has 0 aliphatic rings. The van der Waals surface area contributed by atoms with Crippen molar-refractivity contribution < 1.29 is 27.5 Å². The van der Waals surface area contributed by atoms with Gasteiger partial charge in [-0.3, -0.25) is 4.79 Å². The average molecular weight is 500 g/mol. The van der Waals surface area contributed by atoms with Crippen molar-refractivity contribution in [3.63, 3.8) is 0 Å². The van der Waals surface area contributed by atoms with E-state index in [4.69, 9.17) is 9.47 Å². The summed E-state index contributed by atoms with van der Waals surface area (Å²) in [7, 11) is -2.72. The first-order valence-corrected chi connectivity index (χ1v) is 12.4. The SMILES string of the molecule is CCCCOC(=O)N(CC(=O)OC)n1cnc2cnc3c(ccn3S(=O)(=O)c3ccc(C)cc3)c21. The summed E-state index contributed by atoms with van der Waals surface area (Å²) in [5.74, 6) is -0.663. The molecule has 0 atom stereocenters. The molecule has 0 radical (unpaired) electrons. The molecule has 4 aromatic rings. The fourth-order valence-electron chi connectivity index (χ4n) is 3.54. The van der Waals surface area contributed by atoms with Crippen molar-refractivity contribution in [1.82, 2.24) is 18.6 Å². The van der Waals surface area contributed by atoms with E-state index < -0.39 is 28.6 Å². The number of methoxy groups -OCH3 is 1. The summed E-state index contributed by atoms with van der Waals surface area (Å²) in [6.07, 6.45) is 4.88. The van der Waals surface area contributed by atoms with Crippen LogP contribution in [0.4, 0.5) is 4.79 Å². The van der Waals surface area contributed by atoms with E-state index in [2.05, 4.69) is 9.97 Å². The molecule has 4 rings (SSSR count). The van der Waals surface area contributed by atoms with Crippen molar-refractivity contribution in [2.24, 2.45) is 0 Å². The maximum atomic E-state index is 13.3. The number of esters is 1. The van der Waals surface area contributed by atoms with E-state index in [1.165, 1.54) is 42.6 Å². The van der Waals surface area contributed by atoms with Crippen molar-refractivity contribution in [3.8, 4) is 0 Å². The van der Waals surface area contributed by atoms with Gasteiger partial charge < -0.3 is 9.47 Å². The van der Waals surface area contributed by atoms with E-state index in [9.17, 15) is 18.0 Å². The number of nitrogens with zero attached hydrogens (tertiary/aromatic N) is 5. The lowest BCUT2D eigenvalue weighted by Gasteiger charge is -2.22. The topological polar surface area (TPSA) is 126 Å². The predicted octanol–water partition coefficient (Wildman–Crippen LogP) is 2.98. The molecular formula is C23H25N5O6S. The van der Waals surface area contributed by atoms with Crippen LogP contribution in [0.2, 0.25) is 0 Å². The van der Waals surface area contributed by atoms with Crippen LogP contribution >= 0.6 is 0 Å². The fourth-order valence-corrected chi connectivity index (χ4v) is 4.84. The molecule has 0 bridgehead atoms. The second-order valence-corrected chi connectivity index (χ2v) is 9.66. The molecule has 3 aromatic heterocycles. The molecule has 0 aliphatic heterocycles. The molecule has 0 saturated carbocycles. The fraction of sp³-hybridized carbons (Fsp3) is 0.304. The minimum Gasteiger partial charge on any atom is -0.468 e. The van der Waals surface area contributed by atoms with Gasteiger partial charge in [-0.15, -0.1) is 0 Å². The van der Waals surface area contributed by atoms with Crippen LogP contribution in [0.5, 0.6) is 0 Å². The zero-order valence-corrected chi connectivity index (χ0v) is 20.4. The van der Waals surface area contributed by atoms with E-state index >= 15 is 0 Å². The van der Waals surface area contributed by atoms with Crippen LogP contribution in [0.25, 0.3) is 22.1 Å². The van der Waals surface area contributed by atoms with Crippen LogP contribution < -0.4 is 5.01 Å². The predicted molar refractivity (Wildman–Crippen MR) is 128 cm³/mol. The van der Waals surface area contributed by atoms with Crippen molar-refractivity contribution in [1.29, 1.82) is 0 Å². The zero-order chi connectivity index (χ0) is 25.2. The first kappa shape index (κ1) is 24.2. The zero-order valence-electron chi connectivity index (χ0n) is 19.5. The number of pyridine rings is 1. The first-order valence-electron chi connectivity index (χ1n) is 10.9. The van der Waals surface area contributed by atoms with E-state index in [1.54, 1.807) is 18.2 Å². The summed E-state index contributed by atoms with van der Waals surface area (Å²) in [6.45, 7) is 3.58. The van der Waals surface area contributed by atoms with Crippen molar-refractivity contribution in [3.05, 3.63) is 54.6 Å². The number of amides is 1. The van der Waals surface area contributed by atoms with E-state index in [1.807, 2.05) is 13.8 Å². The molecule has 0 aliphatic carbocycles. The summed E-state index contributed by atoms with van der Waals surface area (Å²) >= 11 is 0. The standard InChI is InChI=1S/C23H25N5O6S/c1-4-5-12-34-23(30)26(14-20(29)33-3)27-15-25-19-13-24-22-18(21(19)27)10-11-28(22)35(31,32)17-8-6-16(2)7-9-17/h6-11,13,15H,4-5,12,14H2,1-3H3. The molecule has 11 nitrogen and oxygen atoms in total. The Labute approximate surface area is 201 Å². The molecule has 0 spiro atoms. The number of unbranched alkanes of at least 4 members (excludes halogenated alkanes) is 1. The van der Waals surface area contributed by atoms with Crippen LogP contribution in [0, 0.1) is 6.92 Å². The van der Waals surface area contributed by atoms with Gasteiger partial charge >= 0.3 is 12.1 Å². The Kier molecular flexibility index (Phi) is 6.74. The minimum absolute atomic E-state index is 0.114. The smallest absolute Gasteiger partial charge is 0.429 e. The molecule has 35 heavy (non-hydrogen) atoms. The number of rotatable bonds is 8. The van der Waals surface area contributed by atoms with Crippen LogP contribution in [0.3, 0.4) is 0 Å². The van der Waals surface area contributed by atoms with Gasteiger partial charge in [0.1, 0.15) is 23.9 Å². The number of hydrogen-bond donors (Lipinski definition) is 0. The van der Waals surface area contributed by atoms with E-state index in [-0.39, 0.29) is 17.1 Å². The van der Waals surface area contributed by atoms with Gasteiger partial charge in [0, 0.05) is 11.6 Å². The molecule has 3 heterocycles. The number of aryl methyl sites for hydroxylation is 1. The third kappa shape index (κ3) is 4.56. The molecular weight excluding hydrogens is 474 g/mol. The first-order chi connectivity index (χ1) is 16.8. The van der Waals surface area contributed by atoms with Gasteiger partial charge in [0.2, 0.25) is 0 Å². The Bertz CT molecular complexity index is 1490. The number of carbonyl (C=O) groups excluding carboxylic acids is 2. The molecule has 1 amide bonds. The maximum absolute atomic E-state index is 13.3. The number of benzene rings is 1. The Morgan fingerprint density at radius 3 is 2.54 bits per heavy atom. The van der Waals surface area contributed by atoms with E-state index in [0.717, 1.165) is 21.0 Å². The quantitative estimate of drug-likeness (QED) is 0.268. The van der Waals surface area contributed by atoms with Gasteiger partial charge in [-0.05, 0) is 31.5 Å². The van der Waals surface area contributed by atoms with Gasteiger partial charge in [-0.2, -0.15) is 0 Å². The van der Waals surface area contributed by atoms with Gasteiger partial charge in [0.05, 0.1) is 24.8 Å². The lowest BCUT2D eigenvalue weighted by molar-refractivity contribution is -0.139. The number of carbonyl (C=O) groups is 2. The molecule has 184 valence electrons. The lowest BCUT2D eigenvalue weighted by Crippen LogP contribution is -2.44. The molecule has 0 fully saturated rings. The van der Waals surface area contributed by atoms with Crippen LogP contribution in [0.1, 0.15) is 25.3 Å². The highest BCUT2D eigenvalue weighted by molar-refractivity contribution is 7.90. The number of imidazole rings is 1. The Morgan fingerprint density at radius 1 is 1.11 bits per heavy atom. The normalized spacial score (nSPS) is 11.6. The van der Waals surface area contributed by atoms with Crippen molar-refractivity contribution >= 4 is 44.2 Å². The third-order valence-electron chi connectivity index (χ3n) is 5.45. The summed E-state index contributed by atoms with van der Waals surface area (Å²) < 4.78 is 39.1. The van der Waals surface area contributed by atoms with Gasteiger partial charge in [0.15, 0.2) is 5.65 Å². The molecule has 12 heteroatoms. The largest absolute Gasteiger partial charge is 0.468 e. The molecule has 0 saturated heterocycles. The van der Waals surface area contributed by atoms with Crippen LogP contribution in [-0.2, 0) is 24.3 Å². The van der Waals surface area contributed by atoms with Gasteiger partial charge in [-0.25, -0.2) is 36.8 Å².